The third-order valence-electron chi connectivity index (χ3n) is 6.74. The maximum atomic E-state index is 12.8. The van der Waals surface area contributed by atoms with E-state index in [9.17, 15) is 15.0 Å². The van der Waals surface area contributed by atoms with Crippen molar-refractivity contribution in [1.29, 1.82) is 0 Å². The third kappa shape index (κ3) is 3.00. The van der Waals surface area contributed by atoms with Crippen molar-refractivity contribution < 1.29 is 15.0 Å². The van der Waals surface area contributed by atoms with Crippen LogP contribution < -0.4 is 4.90 Å². The van der Waals surface area contributed by atoms with Crippen LogP contribution in [0.15, 0.2) is 24.3 Å². The Morgan fingerprint density at radius 3 is 2.08 bits per heavy atom. The Labute approximate surface area is 155 Å². The van der Waals surface area contributed by atoms with Gasteiger partial charge in [0.1, 0.15) is 0 Å². The van der Waals surface area contributed by atoms with Crippen LogP contribution in [0.25, 0.3) is 0 Å². The van der Waals surface area contributed by atoms with E-state index in [-0.39, 0.29) is 11.3 Å². The van der Waals surface area contributed by atoms with Crippen LogP contribution in [0.1, 0.15) is 29.6 Å². The van der Waals surface area contributed by atoms with Crippen LogP contribution in [0, 0.1) is 5.41 Å². The summed E-state index contributed by atoms with van der Waals surface area (Å²) in [5, 5.41) is 20.1. The van der Waals surface area contributed by atoms with Crippen LogP contribution in [0.2, 0.25) is 0 Å². The molecule has 3 fully saturated rings. The normalized spacial score (nSPS) is 28.9. The number of carbonyl (C=O) groups excluding carboxylic acids is 1. The molecule has 2 atom stereocenters. The number of likely N-dealkylation sites (N-methyl/N-ethyl adjacent to an activating group) is 1. The topological polar surface area (TPSA) is 67.2 Å². The summed E-state index contributed by atoms with van der Waals surface area (Å²) < 4.78 is 0. The molecular weight excluding hydrogens is 330 g/mol. The highest BCUT2D eigenvalue weighted by atomic mass is 16.3. The van der Waals surface area contributed by atoms with Crippen LogP contribution in [-0.2, 0) is 0 Å². The van der Waals surface area contributed by atoms with Gasteiger partial charge in [-0.2, -0.15) is 0 Å². The molecule has 1 spiro atoms. The molecule has 0 bridgehead atoms. The number of carbonyl (C=O) groups is 1. The number of aliphatic hydroxyl groups excluding tert-OH is 2. The quantitative estimate of drug-likeness (QED) is 0.817. The SMILES string of the molecule is CN1CCN(c2ccc(C(=O)N3CCC4(CC3)[C@H](O)C[C@@H]4O)cc2)CC1. The Kier molecular flexibility index (Phi) is 4.67. The number of rotatable bonds is 2. The first-order valence-corrected chi connectivity index (χ1v) is 9.68. The predicted octanol–water partition coefficient (Wildman–Crippen LogP) is 0.786. The van der Waals surface area contributed by atoms with Gasteiger partial charge in [-0.25, -0.2) is 0 Å². The van der Waals surface area contributed by atoms with Crippen molar-refractivity contribution in [2.75, 3.05) is 51.2 Å². The molecule has 26 heavy (non-hydrogen) atoms. The van der Waals surface area contributed by atoms with E-state index in [0.717, 1.165) is 26.2 Å². The number of nitrogens with zero attached hydrogens (tertiary/aromatic N) is 3. The number of piperidine rings is 1. The van der Waals surface area contributed by atoms with Crippen molar-refractivity contribution in [3.63, 3.8) is 0 Å². The van der Waals surface area contributed by atoms with Gasteiger partial charge in [0.2, 0.25) is 0 Å². The van der Waals surface area contributed by atoms with E-state index in [0.29, 0.717) is 37.9 Å². The summed E-state index contributed by atoms with van der Waals surface area (Å²) in [7, 11) is 2.14. The van der Waals surface area contributed by atoms with Gasteiger partial charge in [-0.15, -0.1) is 0 Å². The van der Waals surface area contributed by atoms with Crippen LogP contribution in [0.3, 0.4) is 0 Å². The standard InChI is InChI=1S/C20H29N3O3/c1-21-10-12-22(13-11-21)16-4-2-15(3-5-16)19(26)23-8-6-20(7-9-23)17(24)14-18(20)25/h2-5,17-18,24-25H,6-14H2,1H3/t17-,18+. The Balaban J connectivity index is 1.37. The van der Waals surface area contributed by atoms with Crippen molar-refractivity contribution in [3.05, 3.63) is 29.8 Å². The molecule has 2 heterocycles. The van der Waals surface area contributed by atoms with Crippen LogP contribution in [0.5, 0.6) is 0 Å². The fraction of sp³-hybridized carbons (Fsp3) is 0.650. The smallest absolute Gasteiger partial charge is 0.253 e. The van der Waals surface area contributed by atoms with E-state index < -0.39 is 12.2 Å². The van der Waals surface area contributed by atoms with Gasteiger partial charge < -0.3 is 24.9 Å². The van der Waals surface area contributed by atoms with E-state index >= 15 is 0 Å². The maximum absolute atomic E-state index is 12.8. The van der Waals surface area contributed by atoms with Crippen LogP contribution >= 0.6 is 0 Å². The zero-order valence-corrected chi connectivity index (χ0v) is 15.5. The maximum Gasteiger partial charge on any atom is 0.253 e. The molecule has 2 N–H and O–H groups in total. The van der Waals surface area contributed by atoms with Gasteiger partial charge in [-0.3, -0.25) is 4.79 Å². The summed E-state index contributed by atoms with van der Waals surface area (Å²) in [6.07, 6.45) is 0.998. The summed E-state index contributed by atoms with van der Waals surface area (Å²) in [5.74, 6) is 0.0491. The van der Waals surface area contributed by atoms with Gasteiger partial charge in [-0.05, 0) is 44.2 Å². The molecule has 1 aromatic carbocycles. The molecule has 1 saturated carbocycles. The van der Waals surface area contributed by atoms with E-state index in [2.05, 4.69) is 16.8 Å². The van der Waals surface area contributed by atoms with Gasteiger partial charge in [0.25, 0.3) is 5.91 Å². The molecule has 3 aliphatic rings. The highest BCUT2D eigenvalue weighted by Crippen LogP contribution is 2.49. The monoisotopic (exact) mass is 359 g/mol. The van der Waals surface area contributed by atoms with E-state index in [1.807, 2.05) is 29.2 Å². The molecule has 0 radical (unpaired) electrons. The van der Waals surface area contributed by atoms with Crippen molar-refractivity contribution >= 4 is 11.6 Å². The number of hydrogen-bond acceptors (Lipinski definition) is 5. The number of benzene rings is 1. The van der Waals surface area contributed by atoms with E-state index in [1.54, 1.807) is 0 Å². The van der Waals surface area contributed by atoms with Gasteiger partial charge in [0.15, 0.2) is 0 Å². The van der Waals surface area contributed by atoms with Crippen molar-refractivity contribution in [2.45, 2.75) is 31.5 Å². The molecule has 1 aromatic rings. The number of aliphatic hydroxyl groups is 2. The lowest BCUT2D eigenvalue weighted by molar-refractivity contribution is -0.187. The first-order chi connectivity index (χ1) is 12.5. The highest BCUT2D eigenvalue weighted by Gasteiger charge is 2.55. The van der Waals surface area contributed by atoms with Crippen LogP contribution in [-0.4, -0.2) is 84.4 Å². The Morgan fingerprint density at radius 1 is 0.962 bits per heavy atom. The second-order valence-corrected chi connectivity index (χ2v) is 8.13. The highest BCUT2D eigenvalue weighted by molar-refractivity contribution is 5.94. The minimum absolute atomic E-state index is 0.0491. The number of amides is 1. The lowest BCUT2D eigenvalue weighted by Crippen LogP contribution is -2.61. The molecule has 1 amide bonds. The van der Waals surface area contributed by atoms with Gasteiger partial charge in [-0.1, -0.05) is 0 Å². The number of piperazine rings is 1. The number of hydrogen-bond donors (Lipinski definition) is 2. The zero-order chi connectivity index (χ0) is 18.3. The average molecular weight is 359 g/mol. The molecule has 2 saturated heterocycles. The zero-order valence-electron chi connectivity index (χ0n) is 15.5. The second-order valence-electron chi connectivity index (χ2n) is 8.13. The van der Waals surface area contributed by atoms with E-state index in [4.69, 9.17) is 0 Å². The molecule has 0 aromatic heterocycles. The molecule has 4 rings (SSSR count). The predicted molar refractivity (Wildman–Crippen MR) is 100 cm³/mol. The summed E-state index contributed by atoms with van der Waals surface area (Å²) in [4.78, 5) is 19.3. The molecular formula is C20H29N3O3. The lowest BCUT2D eigenvalue weighted by Gasteiger charge is -2.55. The third-order valence-corrected chi connectivity index (χ3v) is 6.74. The number of likely N-dealkylation sites (tertiary alicyclic amines) is 1. The lowest BCUT2D eigenvalue weighted by atomic mass is 9.58. The first-order valence-electron chi connectivity index (χ1n) is 9.68. The molecule has 2 aliphatic heterocycles. The Hall–Kier alpha value is -1.63. The number of anilines is 1. The molecule has 142 valence electrons. The first kappa shape index (κ1) is 17.8. The van der Waals surface area contributed by atoms with Gasteiger partial charge in [0, 0.05) is 62.4 Å². The average Bonchev–Trinajstić information content (AvgIpc) is 2.68. The molecule has 1 aliphatic carbocycles. The second kappa shape index (κ2) is 6.83. The fourth-order valence-electron chi connectivity index (χ4n) is 4.60. The molecule has 0 unspecified atom stereocenters. The molecule has 6 heteroatoms. The van der Waals surface area contributed by atoms with Crippen molar-refractivity contribution in [2.24, 2.45) is 5.41 Å². The van der Waals surface area contributed by atoms with Gasteiger partial charge in [0.05, 0.1) is 12.2 Å². The molecule has 6 nitrogen and oxygen atoms in total. The largest absolute Gasteiger partial charge is 0.392 e. The van der Waals surface area contributed by atoms with E-state index in [1.165, 1.54) is 5.69 Å². The van der Waals surface area contributed by atoms with Gasteiger partial charge >= 0.3 is 0 Å². The Morgan fingerprint density at radius 2 is 1.54 bits per heavy atom. The summed E-state index contributed by atoms with van der Waals surface area (Å²) >= 11 is 0. The summed E-state index contributed by atoms with van der Waals surface area (Å²) in [5.41, 5.74) is 1.52. The summed E-state index contributed by atoms with van der Waals surface area (Å²) in [6, 6.07) is 7.94. The fourth-order valence-corrected chi connectivity index (χ4v) is 4.60. The Bertz CT molecular complexity index is 637. The van der Waals surface area contributed by atoms with Crippen molar-refractivity contribution in [1.82, 2.24) is 9.80 Å². The van der Waals surface area contributed by atoms with Crippen LogP contribution in [0.4, 0.5) is 5.69 Å². The van der Waals surface area contributed by atoms with Crippen molar-refractivity contribution in [3.8, 4) is 0 Å². The minimum Gasteiger partial charge on any atom is -0.392 e. The minimum atomic E-state index is -0.419. The summed E-state index contributed by atoms with van der Waals surface area (Å²) in [6.45, 7) is 5.37.